The van der Waals surface area contributed by atoms with E-state index in [0.29, 0.717) is 6.10 Å². The molecule has 2 aliphatic heterocycles. The van der Waals surface area contributed by atoms with E-state index in [-0.39, 0.29) is 5.54 Å². The fourth-order valence-electron chi connectivity index (χ4n) is 2.84. The normalized spacial score (nSPS) is 31.2. The number of likely N-dealkylation sites (tertiary alicyclic amines) is 1. The molecule has 1 N–H and O–H groups in total. The lowest BCUT2D eigenvalue weighted by Crippen LogP contribution is -2.46. The van der Waals surface area contributed by atoms with Gasteiger partial charge in [0.2, 0.25) is 0 Å². The molecule has 0 saturated carbocycles. The molecule has 2 saturated heterocycles. The first-order valence-electron chi connectivity index (χ1n) is 7.15. The molecule has 0 bridgehead atoms. The summed E-state index contributed by atoms with van der Waals surface area (Å²) in [5.41, 5.74) is 0.234. The number of ether oxygens (including phenoxy) is 1. The minimum atomic E-state index is 0.234. The van der Waals surface area contributed by atoms with Crippen LogP contribution in [0, 0.1) is 0 Å². The zero-order valence-corrected chi connectivity index (χ0v) is 11.7. The SMILES string of the molecule is CC(C)(C)NCC1CCCN1CC1CCCO1. The van der Waals surface area contributed by atoms with Gasteiger partial charge in [-0.25, -0.2) is 0 Å². The molecular formula is C14H28N2O. The van der Waals surface area contributed by atoms with Crippen LogP contribution in [0.1, 0.15) is 46.5 Å². The van der Waals surface area contributed by atoms with Crippen LogP contribution in [0.25, 0.3) is 0 Å². The molecule has 2 unspecified atom stereocenters. The van der Waals surface area contributed by atoms with Crippen molar-refractivity contribution in [2.24, 2.45) is 0 Å². The standard InChI is InChI=1S/C14H28N2O/c1-14(2,3)15-10-12-6-4-8-16(12)11-13-7-5-9-17-13/h12-13,15H,4-11H2,1-3H3. The predicted molar refractivity (Wildman–Crippen MR) is 71.3 cm³/mol. The summed E-state index contributed by atoms with van der Waals surface area (Å²) in [6, 6.07) is 0.721. The van der Waals surface area contributed by atoms with Crippen molar-refractivity contribution < 1.29 is 4.74 Å². The fraction of sp³-hybridized carbons (Fsp3) is 1.00. The van der Waals surface area contributed by atoms with E-state index in [2.05, 4.69) is 31.0 Å². The van der Waals surface area contributed by atoms with Gasteiger partial charge in [-0.3, -0.25) is 4.90 Å². The zero-order chi connectivity index (χ0) is 12.3. The molecule has 2 rings (SSSR count). The summed E-state index contributed by atoms with van der Waals surface area (Å²) in [5, 5.41) is 3.64. The van der Waals surface area contributed by atoms with E-state index < -0.39 is 0 Å². The average Bonchev–Trinajstić information content (AvgIpc) is 2.86. The predicted octanol–water partition coefficient (Wildman–Crippen LogP) is 2.02. The second-order valence-electron chi connectivity index (χ2n) is 6.56. The third-order valence-electron chi connectivity index (χ3n) is 3.83. The second kappa shape index (κ2) is 5.68. The topological polar surface area (TPSA) is 24.5 Å². The van der Waals surface area contributed by atoms with Crippen LogP contribution in [0.15, 0.2) is 0 Å². The fourth-order valence-corrected chi connectivity index (χ4v) is 2.84. The third kappa shape index (κ3) is 4.23. The molecule has 17 heavy (non-hydrogen) atoms. The quantitative estimate of drug-likeness (QED) is 0.813. The number of nitrogens with one attached hydrogen (secondary N) is 1. The molecule has 0 aliphatic carbocycles. The van der Waals surface area contributed by atoms with E-state index in [0.717, 1.165) is 25.7 Å². The number of rotatable bonds is 4. The monoisotopic (exact) mass is 240 g/mol. The van der Waals surface area contributed by atoms with Crippen LogP contribution in [0.3, 0.4) is 0 Å². The van der Waals surface area contributed by atoms with Crippen LogP contribution in [-0.2, 0) is 4.74 Å². The molecule has 3 heteroatoms. The first-order chi connectivity index (χ1) is 8.04. The Bertz CT molecular complexity index is 231. The Morgan fingerprint density at radius 1 is 1.24 bits per heavy atom. The zero-order valence-electron chi connectivity index (χ0n) is 11.7. The van der Waals surface area contributed by atoms with Crippen LogP contribution < -0.4 is 5.32 Å². The van der Waals surface area contributed by atoms with Gasteiger partial charge in [-0.2, -0.15) is 0 Å². The summed E-state index contributed by atoms with van der Waals surface area (Å²) < 4.78 is 5.75. The molecule has 2 atom stereocenters. The molecule has 2 heterocycles. The highest BCUT2D eigenvalue weighted by Crippen LogP contribution is 2.21. The van der Waals surface area contributed by atoms with Gasteiger partial charge in [-0.05, 0) is 53.0 Å². The van der Waals surface area contributed by atoms with Gasteiger partial charge in [0.15, 0.2) is 0 Å². The van der Waals surface area contributed by atoms with E-state index in [1.165, 1.54) is 32.2 Å². The van der Waals surface area contributed by atoms with E-state index in [4.69, 9.17) is 4.74 Å². The van der Waals surface area contributed by atoms with Crippen LogP contribution in [0.5, 0.6) is 0 Å². The van der Waals surface area contributed by atoms with E-state index >= 15 is 0 Å². The molecule has 0 aromatic heterocycles. The van der Waals surface area contributed by atoms with Crippen LogP contribution >= 0.6 is 0 Å². The summed E-state index contributed by atoms with van der Waals surface area (Å²) in [5.74, 6) is 0. The van der Waals surface area contributed by atoms with Crippen molar-refractivity contribution in [3.8, 4) is 0 Å². The van der Waals surface area contributed by atoms with Crippen LogP contribution in [-0.4, -0.2) is 48.8 Å². The van der Waals surface area contributed by atoms with Crippen LogP contribution in [0.4, 0.5) is 0 Å². The summed E-state index contributed by atoms with van der Waals surface area (Å²) in [6.45, 7) is 11.2. The minimum Gasteiger partial charge on any atom is -0.377 e. The van der Waals surface area contributed by atoms with E-state index in [1.54, 1.807) is 0 Å². The van der Waals surface area contributed by atoms with Gasteiger partial charge in [0.05, 0.1) is 6.10 Å². The molecule has 2 aliphatic rings. The molecule has 0 radical (unpaired) electrons. The Labute approximate surface area is 106 Å². The van der Waals surface area contributed by atoms with Gasteiger partial charge in [0.1, 0.15) is 0 Å². The highest BCUT2D eigenvalue weighted by atomic mass is 16.5. The van der Waals surface area contributed by atoms with Crippen molar-refractivity contribution in [1.29, 1.82) is 0 Å². The summed E-state index contributed by atoms with van der Waals surface area (Å²) in [4.78, 5) is 2.63. The first kappa shape index (κ1) is 13.3. The van der Waals surface area contributed by atoms with Crippen molar-refractivity contribution in [1.82, 2.24) is 10.2 Å². The van der Waals surface area contributed by atoms with Gasteiger partial charge in [0, 0.05) is 31.3 Å². The van der Waals surface area contributed by atoms with Crippen molar-refractivity contribution in [2.45, 2.75) is 64.1 Å². The Balaban J connectivity index is 1.76. The van der Waals surface area contributed by atoms with E-state index in [1.807, 2.05) is 0 Å². The Morgan fingerprint density at radius 2 is 2.06 bits per heavy atom. The average molecular weight is 240 g/mol. The molecule has 0 spiro atoms. The van der Waals surface area contributed by atoms with Crippen molar-refractivity contribution in [3.63, 3.8) is 0 Å². The first-order valence-corrected chi connectivity index (χ1v) is 7.15. The van der Waals surface area contributed by atoms with Gasteiger partial charge in [-0.15, -0.1) is 0 Å². The van der Waals surface area contributed by atoms with Crippen molar-refractivity contribution in [2.75, 3.05) is 26.2 Å². The lowest BCUT2D eigenvalue weighted by molar-refractivity contribution is 0.0680. The highest BCUT2D eigenvalue weighted by Gasteiger charge is 2.28. The van der Waals surface area contributed by atoms with Gasteiger partial charge in [0.25, 0.3) is 0 Å². The molecular weight excluding hydrogens is 212 g/mol. The minimum absolute atomic E-state index is 0.234. The van der Waals surface area contributed by atoms with Crippen LogP contribution in [0.2, 0.25) is 0 Å². The second-order valence-corrected chi connectivity index (χ2v) is 6.56. The summed E-state index contributed by atoms with van der Waals surface area (Å²) in [7, 11) is 0. The molecule has 0 amide bonds. The summed E-state index contributed by atoms with van der Waals surface area (Å²) >= 11 is 0. The Kier molecular flexibility index (Phi) is 4.45. The maximum absolute atomic E-state index is 5.75. The highest BCUT2D eigenvalue weighted by molar-refractivity contribution is 4.85. The molecule has 100 valence electrons. The maximum atomic E-state index is 5.75. The van der Waals surface area contributed by atoms with Gasteiger partial charge in [-0.1, -0.05) is 0 Å². The molecule has 3 nitrogen and oxygen atoms in total. The van der Waals surface area contributed by atoms with Crippen molar-refractivity contribution in [3.05, 3.63) is 0 Å². The van der Waals surface area contributed by atoms with E-state index in [9.17, 15) is 0 Å². The molecule has 0 aromatic rings. The lowest BCUT2D eigenvalue weighted by Gasteiger charge is -2.30. The number of hydrogen-bond acceptors (Lipinski definition) is 3. The molecule has 0 aromatic carbocycles. The smallest absolute Gasteiger partial charge is 0.0702 e. The lowest BCUT2D eigenvalue weighted by atomic mass is 10.1. The van der Waals surface area contributed by atoms with Crippen molar-refractivity contribution >= 4 is 0 Å². The third-order valence-corrected chi connectivity index (χ3v) is 3.83. The van der Waals surface area contributed by atoms with Gasteiger partial charge >= 0.3 is 0 Å². The largest absolute Gasteiger partial charge is 0.377 e. The Morgan fingerprint density at radius 3 is 2.71 bits per heavy atom. The number of hydrogen-bond donors (Lipinski definition) is 1. The molecule has 2 fully saturated rings. The van der Waals surface area contributed by atoms with Gasteiger partial charge < -0.3 is 10.1 Å². The Hall–Kier alpha value is -0.120. The number of nitrogens with zero attached hydrogens (tertiary/aromatic N) is 1. The summed E-state index contributed by atoms with van der Waals surface area (Å²) in [6.07, 6.45) is 5.71. The maximum Gasteiger partial charge on any atom is 0.0702 e.